The molecule has 2 aromatic carbocycles. The lowest BCUT2D eigenvalue weighted by atomic mass is 9.84. The molecule has 394 valence electrons. The number of likely N-dealkylation sites (N-methyl/N-ethyl adjacent to an activating group) is 1. The minimum Gasteiger partial charge on any atom is -0.508 e. The van der Waals surface area contributed by atoms with E-state index in [4.69, 9.17) is 14.6 Å². The van der Waals surface area contributed by atoms with Gasteiger partial charge >= 0.3 is 5.97 Å². The molecule has 3 aliphatic heterocycles. The minimum atomic E-state index is -1.16. The van der Waals surface area contributed by atoms with Crippen molar-refractivity contribution >= 4 is 108 Å². The van der Waals surface area contributed by atoms with Crippen LogP contribution < -0.4 is 10.7 Å². The minimum absolute atomic E-state index is 0. The largest absolute Gasteiger partial charge is 0.508 e. The molecule has 3 N–H and O–H groups in total. The first-order chi connectivity index (χ1) is 31.3. The number of esters is 1. The number of aromatic nitrogens is 3. The molecule has 6 bridgehead atoms. The second-order valence-electron chi connectivity index (χ2n) is 19.3. The van der Waals surface area contributed by atoms with Gasteiger partial charge < -0.3 is 34.3 Å². The molecule has 0 radical (unpaired) electrons. The van der Waals surface area contributed by atoms with Gasteiger partial charge in [-0.05, 0) is 98.0 Å². The van der Waals surface area contributed by atoms with E-state index in [0.29, 0.717) is 49.9 Å². The van der Waals surface area contributed by atoms with Crippen LogP contribution in [0.1, 0.15) is 83.7 Å². The first-order valence-corrected chi connectivity index (χ1v) is 23.1. The van der Waals surface area contributed by atoms with Crippen molar-refractivity contribution in [3.8, 4) is 28.1 Å². The van der Waals surface area contributed by atoms with Crippen molar-refractivity contribution in [2.45, 2.75) is 104 Å². The molecular weight excluding hydrogens is 1000 g/mol. The lowest BCUT2D eigenvalue weighted by Gasteiger charge is -2.37. The fraction of sp³-hybridized carbons (Fsp3) is 0.520. The maximum absolute atomic E-state index is 14.7. The number of phenols is 1. The normalized spacial score (nSPS) is 19.5. The Hall–Kier alpha value is -4.25. The molecule has 0 spiro atoms. The van der Waals surface area contributed by atoms with Crippen molar-refractivity contribution in [1.29, 1.82) is 0 Å². The molecule has 0 saturated carbocycles. The van der Waals surface area contributed by atoms with Crippen molar-refractivity contribution in [2.75, 3.05) is 40.4 Å². The first-order valence-electron chi connectivity index (χ1n) is 23.1. The number of hydrogen-bond donors (Lipinski definition) is 3. The first kappa shape index (κ1) is 62.9. The van der Waals surface area contributed by atoms with Crippen LogP contribution in [-0.4, -0.2) is 122 Å². The van der Waals surface area contributed by atoms with Crippen molar-refractivity contribution in [1.82, 2.24) is 39.9 Å². The number of fused-ring (bicyclic) bond motifs is 6. The number of nitrogens with zero attached hydrogens (tertiary/aromatic N) is 6. The number of carbonyl (C=O) groups excluding carboxylic acids is 5. The number of aryl methyl sites for hydroxylation is 2. The third-order valence-electron chi connectivity index (χ3n) is 13.4. The second-order valence-corrected chi connectivity index (χ2v) is 19.3. The van der Waals surface area contributed by atoms with Gasteiger partial charge in [0, 0.05) is 81.9 Å². The summed E-state index contributed by atoms with van der Waals surface area (Å²) in [6, 6.07) is 8.50. The summed E-state index contributed by atoms with van der Waals surface area (Å²) in [7, 11) is 5.15. The van der Waals surface area contributed by atoms with Gasteiger partial charge in [-0.1, -0.05) is 46.4 Å². The number of phenolic OH excluding ortho intramolecular Hbond substituents is 1. The Morgan fingerprint density at radius 1 is 1.04 bits per heavy atom. The molecule has 5 heterocycles. The fourth-order valence-electron chi connectivity index (χ4n) is 10.0. The average molecular weight is 1080 g/mol. The van der Waals surface area contributed by atoms with Crippen LogP contribution in [0.2, 0.25) is 0 Å². The van der Waals surface area contributed by atoms with Crippen LogP contribution in [0.15, 0.2) is 55.3 Å². The van der Waals surface area contributed by atoms with Gasteiger partial charge in [0.15, 0.2) is 0 Å². The average Bonchev–Trinajstić information content (AvgIpc) is 4.02. The Morgan fingerprint density at radius 3 is 2.39 bits per heavy atom. The van der Waals surface area contributed by atoms with Crippen molar-refractivity contribution in [3.63, 3.8) is 0 Å². The van der Waals surface area contributed by atoms with E-state index in [-0.39, 0.29) is 123 Å². The zero-order chi connectivity index (χ0) is 47.8. The van der Waals surface area contributed by atoms with E-state index >= 15 is 0 Å². The van der Waals surface area contributed by atoms with Crippen LogP contribution in [0, 0.1) is 17.3 Å². The topological polar surface area (TPSA) is 181 Å². The summed E-state index contributed by atoms with van der Waals surface area (Å²) in [4.78, 5) is 72.4. The predicted octanol–water partition coefficient (Wildman–Crippen LogP) is 5.87. The molecule has 5 atom stereocenters. The lowest BCUT2D eigenvalue weighted by Crippen LogP contribution is -2.62. The monoisotopic (exact) mass is 1080 g/mol. The number of nitrogens with one attached hydrogen (secondary N) is 2. The Labute approximate surface area is 453 Å². The quantitative estimate of drug-likeness (QED) is 0.129. The predicted molar refractivity (Wildman–Crippen MR) is 302 cm³/mol. The molecule has 0 aliphatic carbocycles. The number of amides is 4. The van der Waals surface area contributed by atoms with Gasteiger partial charge in [0.05, 0.1) is 24.3 Å². The molecule has 3 aliphatic rings. The van der Waals surface area contributed by atoms with Crippen molar-refractivity contribution in [3.05, 3.63) is 72.1 Å². The van der Waals surface area contributed by atoms with Crippen LogP contribution in [0.3, 0.4) is 0 Å². The number of hydrazine groups is 1. The molecule has 2 fully saturated rings. The molecule has 16 nitrogen and oxygen atoms in total. The van der Waals surface area contributed by atoms with Crippen molar-refractivity contribution in [2.24, 2.45) is 24.3 Å². The van der Waals surface area contributed by atoms with Crippen LogP contribution >= 0.6 is 67.5 Å². The second kappa shape index (κ2) is 26.1. The fourth-order valence-corrected chi connectivity index (χ4v) is 10.0. The summed E-state index contributed by atoms with van der Waals surface area (Å²) in [5.74, 6) is -2.87. The van der Waals surface area contributed by atoms with Gasteiger partial charge in [0.1, 0.15) is 29.6 Å². The molecule has 4 aromatic rings. The Bertz CT molecular complexity index is 2550. The smallest absolute Gasteiger partial charge is 0.324 e. The number of likely N-dealkylation sites (tertiary alicyclic amines) is 1. The van der Waals surface area contributed by atoms with Gasteiger partial charge in [-0.15, -0.1) is 0 Å². The number of cyclic esters (lactones) is 1. The number of carbonyl (C=O) groups is 5. The van der Waals surface area contributed by atoms with Crippen LogP contribution in [0.25, 0.3) is 33.3 Å². The Kier molecular flexibility index (Phi) is 23.1. The van der Waals surface area contributed by atoms with Crippen LogP contribution in [0.4, 0.5) is 0 Å². The van der Waals surface area contributed by atoms with Crippen molar-refractivity contribution < 1.29 is 38.6 Å². The summed E-state index contributed by atoms with van der Waals surface area (Å²) >= 11 is 0. The Balaban J connectivity index is 0.00000346. The van der Waals surface area contributed by atoms with Gasteiger partial charge in [-0.2, -0.15) is 72.6 Å². The molecule has 21 heteroatoms. The highest BCUT2D eigenvalue weighted by Crippen LogP contribution is 2.42. The molecule has 4 amide bonds. The SMILES string of the molecule is C=CC(=O)N1CC[C@H](C(=O)N(C)[C@H](C(=O)N[C@H]2Cc3cc(O)cc(c3)-c3ccc4c(c3)c(c(-c3cn(C)nc3[C@H](C)OC)n4CC)CC(C)(C)COC(=O)[C@@H]3CCCN(N3)C2=O)C(C)C)C1.S.S.S.S.S. The third kappa shape index (κ3) is 13.5. The van der Waals surface area contributed by atoms with E-state index in [9.17, 15) is 29.1 Å². The zero-order valence-electron chi connectivity index (χ0n) is 42.3. The summed E-state index contributed by atoms with van der Waals surface area (Å²) in [6.45, 7) is 17.1. The molecule has 2 aromatic heterocycles. The molecule has 71 heavy (non-hydrogen) atoms. The maximum Gasteiger partial charge on any atom is 0.324 e. The number of benzene rings is 2. The summed E-state index contributed by atoms with van der Waals surface area (Å²) < 4.78 is 16.0. The van der Waals surface area contributed by atoms with Gasteiger partial charge in [0.25, 0.3) is 5.91 Å². The highest BCUT2D eigenvalue weighted by atomic mass is 32.1. The van der Waals surface area contributed by atoms with Gasteiger partial charge in [0.2, 0.25) is 17.7 Å². The van der Waals surface area contributed by atoms with Gasteiger partial charge in [-0.3, -0.25) is 33.7 Å². The number of rotatable bonds is 10. The molecular formula is C50H76N8O8S5. The molecule has 2 saturated heterocycles. The molecule has 0 unspecified atom stereocenters. The Morgan fingerprint density at radius 2 is 1.75 bits per heavy atom. The number of methoxy groups -OCH3 is 1. The summed E-state index contributed by atoms with van der Waals surface area (Å²) in [5, 5.41) is 21.5. The highest BCUT2D eigenvalue weighted by molar-refractivity contribution is 7.60. The summed E-state index contributed by atoms with van der Waals surface area (Å²) in [6.07, 6.45) is 4.90. The number of aromatic hydroxyl groups is 1. The third-order valence-corrected chi connectivity index (χ3v) is 13.4. The van der Waals surface area contributed by atoms with E-state index in [0.717, 1.165) is 39.0 Å². The van der Waals surface area contributed by atoms with Crippen LogP contribution in [0.5, 0.6) is 5.75 Å². The van der Waals surface area contributed by atoms with E-state index < -0.39 is 47.2 Å². The maximum atomic E-state index is 14.7. The standard InChI is InChI=1S/C50H66N8O8.5H2S/c1-11-42(60)56-19-17-33(26-56)47(62)55(9)44(29(3)4)46(61)51-40-22-31-20-34(23-35(59)21-31)32-15-16-41-36(24-32)37(45(57(41)12-2)38-27-54(8)53-43(38)30(5)65-10)25-50(6,7)28-66-49(64)39-14-13-18-58(52-39)48(40)63;;;;;/h11,15-16,20-21,23-24,27,29-30,33,39-40,44,52,59H,1,12-14,17-19,22,25-26,28H2,2-10H3,(H,51,61);5*1H2/t30-,33-,39-,40-,44-;;;;;/m0...../s1. The zero-order valence-corrected chi connectivity index (χ0v) is 47.3. The van der Waals surface area contributed by atoms with E-state index in [2.05, 4.69) is 54.8 Å². The number of hydrogen-bond acceptors (Lipinski definition) is 10. The van der Waals surface area contributed by atoms with Gasteiger partial charge in [-0.25, -0.2) is 5.43 Å². The van der Waals surface area contributed by atoms with E-state index in [1.807, 2.05) is 46.1 Å². The van der Waals surface area contributed by atoms with E-state index in [1.165, 1.54) is 16.0 Å². The highest BCUT2D eigenvalue weighted by Gasteiger charge is 2.40. The number of ether oxygens (including phenoxy) is 2. The molecule has 7 rings (SSSR count). The summed E-state index contributed by atoms with van der Waals surface area (Å²) in [5.41, 5.74) is 9.52. The van der Waals surface area contributed by atoms with Crippen LogP contribution in [-0.2, 0) is 59.9 Å². The lowest BCUT2D eigenvalue weighted by molar-refractivity contribution is -0.155. The van der Waals surface area contributed by atoms with E-state index in [1.54, 1.807) is 35.9 Å².